The van der Waals surface area contributed by atoms with Crippen LogP contribution in [0.2, 0.25) is 5.02 Å². The summed E-state index contributed by atoms with van der Waals surface area (Å²) in [6, 6.07) is 16.1. The molecular formula is C21H23ClN2O2. The smallest absolute Gasteiger partial charge is 0.226 e. The third-order valence-corrected chi connectivity index (χ3v) is 4.71. The molecule has 0 fully saturated rings. The predicted molar refractivity (Wildman–Crippen MR) is 105 cm³/mol. The Morgan fingerprint density at radius 1 is 1.19 bits per heavy atom. The summed E-state index contributed by atoms with van der Waals surface area (Å²) in [5.74, 6) is 1.48. The molecule has 0 spiro atoms. The van der Waals surface area contributed by atoms with Gasteiger partial charge < -0.3 is 9.15 Å². The lowest BCUT2D eigenvalue weighted by Crippen LogP contribution is -2.30. The molecule has 0 radical (unpaired) electrons. The number of aromatic nitrogens is 1. The molecule has 0 saturated carbocycles. The molecule has 0 N–H and O–H groups in total. The van der Waals surface area contributed by atoms with Crippen molar-refractivity contribution >= 4 is 11.6 Å². The van der Waals surface area contributed by atoms with Gasteiger partial charge in [-0.3, -0.25) is 4.90 Å². The number of rotatable bonds is 7. The number of oxazole rings is 1. The second-order valence-electron chi connectivity index (χ2n) is 6.47. The van der Waals surface area contributed by atoms with E-state index in [0.717, 1.165) is 30.0 Å². The number of likely N-dealkylation sites (N-methyl/N-ethyl adjacent to an activating group) is 1. The molecule has 0 saturated heterocycles. The van der Waals surface area contributed by atoms with Gasteiger partial charge in [0.2, 0.25) is 5.89 Å². The maximum absolute atomic E-state index is 6.04. The molecule has 0 aliphatic rings. The molecule has 0 aliphatic heterocycles. The molecule has 2 aromatic carbocycles. The summed E-state index contributed by atoms with van der Waals surface area (Å²) in [6.07, 6.45) is 2.67. The fraction of sp³-hybridized carbons (Fsp3) is 0.286. The Balaban J connectivity index is 1.61. The summed E-state index contributed by atoms with van der Waals surface area (Å²) >= 11 is 6.04. The van der Waals surface area contributed by atoms with Crippen LogP contribution >= 0.6 is 11.6 Å². The van der Waals surface area contributed by atoms with Gasteiger partial charge in [-0.25, -0.2) is 4.98 Å². The number of hydrogen-bond acceptors (Lipinski definition) is 4. The Bertz CT molecular complexity index is 845. The Kier molecular flexibility index (Phi) is 5.96. The highest BCUT2D eigenvalue weighted by atomic mass is 35.5. The van der Waals surface area contributed by atoms with Gasteiger partial charge in [-0.2, -0.15) is 0 Å². The van der Waals surface area contributed by atoms with Crippen molar-refractivity contribution in [1.29, 1.82) is 0 Å². The maximum Gasteiger partial charge on any atom is 0.226 e. The van der Waals surface area contributed by atoms with Gasteiger partial charge in [0.25, 0.3) is 0 Å². The minimum Gasteiger partial charge on any atom is -0.497 e. The molecule has 0 aliphatic carbocycles. The molecule has 3 rings (SSSR count). The number of hydrogen-bond donors (Lipinski definition) is 0. The largest absolute Gasteiger partial charge is 0.497 e. The summed E-state index contributed by atoms with van der Waals surface area (Å²) in [6.45, 7) is 2.93. The molecule has 136 valence electrons. The van der Waals surface area contributed by atoms with Crippen molar-refractivity contribution < 1.29 is 9.15 Å². The van der Waals surface area contributed by atoms with Crippen molar-refractivity contribution in [3.8, 4) is 17.2 Å². The average molecular weight is 371 g/mol. The minimum absolute atomic E-state index is 0.370. The van der Waals surface area contributed by atoms with Crippen LogP contribution in [0.4, 0.5) is 0 Å². The van der Waals surface area contributed by atoms with Crippen LogP contribution in [0.15, 0.2) is 59.2 Å². The Morgan fingerprint density at radius 3 is 2.65 bits per heavy atom. The summed E-state index contributed by atoms with van der Waals surface area (Å²) in [7, 11) is 3.78. The maximum atomic E-state index is 6.04. The Hall–Kier alpha value is -2.30. The molecule has 1 unspecified atom stereocenters. The highest BCUT2D eigenvalue weighted by Crippen LogP contribution is 2.23. The molecule has 1 heterocycles. The van der Waals surface area contributed by atoms with Crippen molar-refractivity contribution in [3.05, 3.63) is 71.1 Å². The topological polar surface area (TPSA) is 38.5 Å². The normalized spacial score (nSPS) is 12.3. The minimum atomic E-state index is 0.370. The van der Waals surface area contributed by atoms with Gasteiger partial charge in [0.05, 0.1) is 12.8 Å². The number of halogens is 1. The zero-order valence-electron chi connectivity index (χ0n) is 15.3. The zero-order valence-corrected chi connectivity index (χ0v) is 16.0. The number of nitrogens with zero attached hydrogens (tertiary/aromatic N) is 2. The second-order valence-corrected chi connectivity index (χ2v) is 6.91. The molecule has 26 heavy (non-hydrogen) atoms. The van der Waals surface area contributed by atoms with E-state index in [2.05, 4.69) is 36.0 Å². The van der Waals surface area contributed by atoms with E-state index in [9.17, 15) is 0 Å². The van der Waals surface area contributed by atoms with Crippen LogP contribution in [0.1, 0.15) is 18.2 Å². The molecule has 1 atom stereocenters. The van der Waals surface area contributed by atoms with E-state index in [1.807, 2.05) is 36.4 Å². The first-order valence-corrected chi connectivity index (χ1v) is 8.96. The Morgan fingerprint density at radius 2 is 1.96 bits per heavy atom. The predicted octanol–water partition coefficient (Wildman–Crippen LogP) is 5.07. The van der Waals surface area contributed by atoms with Gasteiger partial charge in [0.1, 0.15) is 12.0 Å². The first-order chi connectivity index (χ1) is 12.5. The zero-order chi connectivity index (χ0) is 18.5. The van der Waals surface area contributed by atoms with E-state index in [1.165, 1.54) is 5.56 Å². The SMILES string of the molecule is COc1ccc(CC(C)N(C)Cc2coc(-c3cccc(Cl)c3)n2)cc1. The summed E-state index contributed by atoms with van der Waals surface area (Å²) in [5, 5.41) is 0.674. The Labute approximate surface area is 159 Å². The van der Waals surface area contributed by atoms with E-state index >= 15 is 0 Å². The molecule has 4 nitrogen and oxygen atoms in total. The molecule has 0 amide bonds. The number of ether oxygens (including phenoxy) is 1. The summed E-state index contributed by atoms with van der Waals surface area (Å²) in [5.41, 5.74) is 3.08. The van der Waals surface area contributed by atoms with Crippen molar-refractivity contribution in [2.45, 2.75) is 25.9 Å². The van der Waals surface area contributed by atoms with Crippen molar-refractivity contribution in [3.63, 3.8) is 0 Å². The molecular weight excluding hydrogens is 348 g/mol. The van der Waals surface area contributed by atoms with E-state index in [1.54, 1.807) is 13.4 Å². The highest BCUT2D eigenvalue weighted by Gasteiger charge is 2.14. The van der Waals surface area contributed by atoms with Crippen LogP contribution in [0, 0.1) is 0 Å². The van der Waals surface area contributed by atoms with E-state index in [0.29, 0.717) is 17.0 Å². The molecule has 3 aromatic rings. The van der Waals surface area contributed by atoms with Crippen molar-refractivity contribution in [2.24, 2.45) is 0 Å². The van der Waals surface area contributed by atoms with Gasteiger partial charge in [-0.1, -0.05) is 29.8 Å². The lowest BCUT2D eigenvalue weighted by Gasteiger charge is -2.23. The van der Waals surface area contributed by atoms with E-state index < -0.39 is 0 Å². The van der Waals surface area contributed by atoms with E-state index in [4.69, 9.17) is 20.8 Å². The quantitative estimate of drug-likeness (QED) is 0.582. The van der Waals surface area contributed by atoms with Crippen LogP contribution in [-0.2, 0) is 13.0 Å². The standard InChI is InChI=1S/C21H23ClN2O2/c1-15(11-16-7-9-20(25-3)10-8-16)24(2)13-19-14-26-21(23-19)17-5-4-6-18(22)12-17/h4-10,12,14-15H,11,13H2,1-3H3. The van der Waals surface area contributed by atoms with Crippen LogP contribution in [0.5, 0.6) is 5.75 Å². The van der Waals surface area contributed by atoms with Gasteiger partial charge in [-0.05, 0) is 56.3 Å². The lowest BCUT2D eigenvalue weighted by molar-refractivity contribution is 0.245. The first-order valence-electron chi connectivity index (χ1n) is 8.58. The van der Waals surface area contributed by atoms with Crippen LogP contribution < -0.4 is 4.74 Å². The fourth-order valence-electron chi connectivity index (χ4n) is 2.80. The average Bonchev–Trinajstić information content (AvgIpc) is 3.11. The van der Waals surface area contributed by atoms with Crippen LogP contribution in [0.3, 0.4) is 0 Å². The monoisotopic (exact) mass is 370 g/mol. The van der Waals surface area contributed by atoms with Crippen LogP contribution in [-0.4, -0.2) is 30.1 Å². The van der Waals surface area contributed by atoms with Crippen molar-refractivity contribution in [1.82, 2.24) is 9.88 Å². The summed E-state index contributed by atoms with van der Waals surface area (Å²) < 4.78 is 10.8. The number of benzene rings is 2. The second kappa shape index (κ2) is 8.39. The van der Waals surface area contributed by atoms with Gasteiger partial charge >= 0.3 is 0 Å². The highest BCUT2D eigenvalue weighted by molar-refractivity contribution is 6.30. The van der Waals surface area contributed by atoms with Crippen molar-refractivity contribution in [2.75, 3.05) is 14.2 Å². The lowest BCUT2D eigenvalue weighted by atomic mass is 10.1. The third kappa shape index (κ3) is 4.65. The molecule has 5 heteroatoms. The summed E-state index contributed by atoms with van der Waals surface area (Å²) in [4.78, 5) is 6.86. The van der Waals surface area contributed by atoms with Gasteiger partial charge in [0, 0.05) is 23.2 Å². The number of methoxy groups -OCH3 is 1. The fourth-order valence-corrected chi connectivity index (χ4v) is 2.99. The van der Waals surface area contributed by atoms with Gasteiger partial charge in [-0.15, -0.1) is 0 Å². The third-order valence-electron chi connectivity index (χ3n) is 4.48. The first kappa shape index (κ1) is 18.5. The van der Waals surface area contributed by atoms with Crippen LogP contribution in [0.25, 0.3) is 11.5 Å². The van der Waals surface area contributed by atoms with Gasteiger partial charge in [0.15, 0.2) is 0 Å². The van der Waals surface area contributed by atoms with E-state index in [-0.39, 0.29) is 0 Å². The molecule has 1 aromatic heterocycles. The molecule has 0 bridgehead atoms.